The molecule has 6 heteroatoms. The second kappa shape index (κ2) is 6.27. The van der Waals surface area contributed by atoms with E-state index in [9.17, 15) is 18.0 Å². The molecule has 0 amide bonds. The first-order chi connectivity index (χ1) is 11.8. The van der Waals surface area contributed by atoms with Gasteiger partial charge < -0.3 is 9.30 Å². The van der Waals surface area contributed by atoms with Crippen molar-refractivity contribution in [3.63, 3.8) is 0 Å². The molecule has 0 saturated heterocycles. The van der Waals surface area contributed by atoms with Gasteiger partial charge >= 0.3 is 12.1 Å². The van der Waals surface area contributed by atoms with Gasteiger partial charge in [0.25, 0.3) is 0 Å². The second-order valence-electron chi connectivity index (χ2n) is 5.86. The Balaban J connectivity index is 1.97. The SMILES string of the molecule is COC(=O)c1ccc2c(C)cn(Cc3ccc(C(F)(F)F)cc3)c2c1. The third kappa shape index (κ3) is 3.38. The summed E-state index contributed by atoms with van der Waals surface area (Å²) in [5.41, 5.74) is 2.37. The lowest BCUT2D eigenvalue weighted by molar-refractivity contribution is -0.137. The zero-order chi connectivity index (χ0) is 18.2. The lowest BCUT2D eigenvalue weighted by Gasteiger charge is -2.09. The summed E-state index contributed by atoms with van der Waals surface area (Å²) in [4.78, 5) is 11.7. The number of alkyl halides is 3. The van der Waals surface area contributed by atoms with E-state index < -0.39 is 17.7 Å². The van der Waals surface area contributed by atoms with Crippen LogP contribution in [0.5, 0.6) is 0 Å². The molecule has 0 aliphatic heterocycles. The highest BCUT2D eigenvalue weighted by Gasteiger charge is 2.29. The molecular formula is C19H16F3NO2. The van der Waals surface area contributed by atoms with Crippen LogP contribution in [0.15, 0.2) is 48.7 Å². The Labute approximate surface area is 142 Å². The number of hydrogen-bond acceptors (Lipinski definition) is 2. The summed E-state index contributed by atoms with van der Waals surface area (Å²) in [6.45, 7) is 2.36. The number of aromatic nitrogens is 1. The van der Waals surface area contributed by atoms with Gasteiger partial charge in [0, 0.05) is 23.6 Å². The van der Waals surface area contributed by atoms with Gasteiger partial charge in [-0.15, -0.1) is 0 Å². The van der Waals surface area contributed by atoms with Gasteiger partial charge in [-0.1, -0.05) is 18.2 Å². The van der Waals surface area contributed by atoms with Crippen LogP contribution in [0.3, 0.4) is 0 Å². The summed E-state index contributed by atoms with van der Waals surface area (Å²) in [7, 11) is 1.32. The van der Waals surface area contributed by atoms with E-state index in [0.29, 0.717) is 12.1 Å². The quantitative estimate of drug-likeness (QED) is 0.637. The van der Waals surface area contributed by atoms with Gasteiger partial charge in [-0.05, 0) is 42.3 Å². The van der Waals surface area contributed by atoms with Crippen molar-refractivity contribution in [2.24, 2.45) is 0 Å². The number of benzene rings is 2. The largest absolute Gasteiger partial charge is 0.465 e. The lowest BCUT2D eigenvalue weighted by atomic mass is 10.1. The maximum Gasteiger partial charge on any atom is 0.416 e. The van der Waals surface area contributed by atoms with Crippen LogP contribution < -0.4 is 0 Å². The molecule has 0 bridgehead atoms. The van der Waals surface area contributed by atoms with E-state index in [2.05, 4.69) is 0 Å². The molecule has 130 valence electrons. The van der Waals surface area contributed by atoms with Crippen LogP contribution in [0, 0.1) is 6.92 Å². The number of ether oxygens (including phenoxy) is 1. The Morgan fingerprint density at radius 1 is 1.12 bits per heavy atom. The maximum absolute atomic E-state index is 12.7. The fourth-order valence-electron chi connectivity index (χ4n) is 2.85. The zero-order valence-electron chi connectivity index (χ0n) is 13.7. The number of halogens is 3. The predicted octanol–water partition coefficient (Wildman–Crippen LogP) is 4.80. The Bertz CT molecular complexity index is 924. The van der Waals surface area contributed by atoms with E-state index in [4.69, 9.17) is 4.74 Å². The maximum atomic E-state index is 12.7. The van der Waals surface area contributed by atoms with Gasteiger partial charge in [-0.3, -0.25) is 0 Å². The molecule has 2 aromatic carbocycles. The number of aryl methyl sites for hydroxylation is 1. The average molecular weight is 347 g/mol. The molecule has 3 rings (SSSR count). The number of carbonyl (C=O) groups is 1. The molecule has 0 fully saturated rings. The summed E-state index contributed by atoms with van der Waals surface area (Å²) >= 11 is 0. The van der Waals surface area contributed by atoms with Gasteiger partial charge in [0.2, 0.25) is 0 Å². The number of nitrogens with zero attached hydrogens (tertiary/aromatic N) is 1. The highest BCUT2D eigenvalue weighted by atomic mass is 19.4. The first kappa shape index (κ1) is 17.1. The number of esters is 1. The molecule has 25 heavy (non-hydrogen) atoms. The lowest BCUT2D eigenvalue weighted by Crippen LogP contribution is -2.05. The third-order valence-electron chi connectivity index (χ3n) is 4.14. The fraction of sp³-hybridized carbons (Fsp3) is 0.211. The summed E-state index contributed by atoms with van der Waals surface area (Å²) in [6, 6.07) is 10.4. The zero-order valence-corrected chi connectivity index (χ0v) is 13.7. The minimum atomic E-state index is -4.34. The van der Waals surface area contributed by atoms with Crippen molar-refractivity contribution in [2.45, 2.75) is 19.6 Å². The van der Waals surface area contributed by atoms with Crippen molar-refractivity contribution in [1.82, 2.24) is 4.57 Å². The number of methoxy groups -OCH3 is 1. The molecule has 0 unspecified atom stereocenters. The average Bonchev–Trinajstić information content (AvgIpc) is 2.89. The molecule has 1 aromatic heterocycles. The van der Waals surface area contributed by atoms with E-state index in [0.717, 1.165) is 34.2 Å². The van der Waals surface area contributed by atoms with E-state index in [1.54, 1.807) is 12.1 Å². The highest BCUT2D eigenvalue weighted by molar-refractivity contribution is 5.95. The number of fused-ring (bicyclic) bond motifs is 1. The standard InChI is InChI=1S/C19H16F3NO2/c1-12-10-23(11-13-3-6-15(7-4-13)19(20,21)22)17-9-14(18(24)25-2)5-8-16(12)17/h3-10H,11H2,1-2H3. The van der Waals surface area contributed by atoms with Crippen LogP contribution in [0.2, 0.25) is 0 Å². The molecule has 0 spiro atoms. The van der Waals surface area contributed by atoms with E-state index in [1.165, 1.54) is 19.2 Å². The van der Waals surface area contributed by atoms with Gasteiger partial charge in [-0.25, -0.2) is 4.79 Å². The van der Waals surface area contributed by atoms with Crippen molar-refractivity contribution in [3.05, 3.63) is 70.9 Å². The molecule has 0 atom stereocenters. The smallest absolute Gasteiger partial charge is 0.416 e. The van der Waals surface area contributed by atoms with Crippen molar-refractivity contribution in [1.29, 1.82) is 0 Å². The van der Waals surface area contributed by atoms with Gasteiger partial charge in [0.05, 0.1) is 18.2 Å². The molecule has 3 aromatic rings. The minimum Gasteiger partial charge on any atom is -0.465 e. The molecule has 0 N–H and O–H groups in total. The van der Waals surface area contributed by atoms with Gasteiger partial charge in [0.15, 0.2) is 0 Å². The molecule has 3 nitrogen and oxygen atoms in total. The minimum absolute atomic E-state index is 0.410. The summed E-state index contributed by atoms with van der Waals surface area (Å²) in [5, 5.41) is 0.986. The van der Waals surface area contributed by atoms with Crippen molar-refractivity contribution >= 4 is 16.9 Å². The molecular weight excluding hydrogens is 331 g/mol. The first-order valence-corrected chi connectivity index (χ1v) is 7.63. The Hall–Kier alpha value is -2.76. The number of hydrogen-bond donors (Lipinski definition) is 0. The van der Waals surface area contributed by atoms with Gasteiger partial charge in [-0.2, -0.15) is 13.2 Å². The first-order valence-electron chi connectivity index (χ1n) is 7.63. The highest BCUT2D eigenvalue weighted by Crippen LogP contribution is 2.29. The molecule has 0 aliphatic rings. The van der Waals surface area contributed by atoms with Crippen molar-refractivity contribution < 1.29 is 22.7 Å². The van der Waals surface area contributed by atoms with Crippen LogP contribution in [-0.4, -0.2) is 17.6 Å². The van der Waals surface area contributed by atoms with Crippen LogP contribution in [0.4, 0.5) is 13.2 Å². The Morgan fingerprint density at radius 2 is 1.80 bits per heavy atom. The second-order valence-corrected chi connectivity index (χ2v) is 5.86. The van der Waals surface area contributed by atoms with Crippen LogP contribution in [-0.2, 0) is 17.5 Å². The third-order valence-corrected chi connectivity index (χ3v) is 4.14. The molecule has 0 saturated carbocycles. The number of rotatable bonds is 3. The number of carbonyl (C=O) groups excluding carboxylic acids is 1. The van der Waals surface area contributed by atoms with E-state index >= 15 is 0 Å². The molecule has 1 heterocycles. The normalized spacial score (nSPS) is 11.7. The Kier molecular flexibility index (Phi) is 4.29. The van der Waals surface area contributed by atoms with Crippen LogP contribution in [0.25, 0.3) is 10.9 Å². The summed E-state index contributed by atoms with van der Waals surface area (Å²) in [6.07, 6.45) is -2.42. The monoisotopic (exact) mass is 347 g/mol. The fourth-order valence-corrected chi connectivity index (χ4v) is 2.85. The van der Waals surface area contributed by atoms with E-state index in [-0.39, 0.29) is 0 Å². The van der Waals surface area contributed by atoms with Crippen LogP contribution in [0.1, 0.15) is 27.0 Å². The Morgan fingerprint density at radius 3 is 2.40 bits per heavy atom. The molecule has 0 aliphatic carbocycles. The van der Waals surface area contributed by atoms with Crippen LogP contribution >= 0.6 is 0 Å². The topological polar surface area (TPSA) is 31.2 Å². The summed E-state index contributed by atoms with van der Waals surface area (Å²) in [5.74, 6) is -0.429. The molecule has 0 radical (unpaired) electrons. The van der Waals surface area contributed by atoms with Crippen molar-refractivity contribution in [3.8, 4) is 0 Å². The van der Waals surface area contributed by atoms with Gasteiger partial charge in [0.1, 0.15) is 0 Å². The van der Waals surface area contributed by atoms with E-state index in [1.807, 2.05) is 23.8 Å². The summed E-state index contributed by atoms with van der Waals surface area (Å²) < 4.78 is 44.6. The predicted molar refractivity (Wildman–Crippen MR) is 88.6 cm³/mol. The van der Waals surface area contributed by atoms with Crippen molar-refractivity contribution in [2.75, 3.05) is 7.11 Å².